The molecule has 0 radical (unpaired) electrons. The van der Waals surface area contributed by atoms with Crippen LogP contribution in [-0.4, -0.2) is 34.7 Å². The van der Waals surface area contributed by atoms with Crippen molar-refractivity contribution in [3.63, 3.8) is 0 Å². The van der Waals surface area contributed by atoms with Gasteiger partial charge in [-0.2, -0.15) is 0 Å². The van der Waals surface area contributed by atoms with Crippen molar-refractivity contribution >= 4 is 27.5 Å². The van der Waals surface area contributed by atoms with Gasteiger partial charge in [0.1, 0.15) is 10.7 Å². The van der Waals surface area contributed by atoms with Crippen LogP contribution in [0.4, 0.5) is 0 Å². The quantitative estimate of drug-likeness (QED) is 0.911. The van der Waals surface area contributed by atoms with Crippen molar-refractivity contribution in [2.24, 2.45) is 0 Å². The number of carbonyl (C=O) groups excluding carboxylic acids is 1. The van der Waals surface area contributed by atoms with E-state index < -0.39 is 0 Å². The third-order valence-electron chi connectivity index (χ3n) is 5.13. The fourth-order valence-corrected chi connectivity index (χ4v) is 4.83. The first-order valence-corrected chi connectivity index (χ1v) is 9.89. The van der Waals surface area contributed by atoms with Crippen LogP contribution >= 0.6 is 11.3 Å². The average molecular weight is 361 g/mol. The molecule has 0 saturated carbocycles. The molecule has 1 amide bonds. The van der Waals surface area contributed by atoms with Crippen molar-refractivity contribution in [3.8, 4) is 0 Å². The molecule has 0 spiro atoms. The lowest BCUT2D eigenvalue weighted by atomic mass is 10.2. The molecular formula is C18H23N3O3S. The van der Waals surface area contributed by atoms with Crippen molar-refractivity contribution in [1.82, 2.24) is 14.9 Å². The number of amides is 1. The molecule has 0 aromatic carbocycles. The summed E-state index contributed by atoms with van der Waals surface area (Å²) in [7, 11) is 0. The van der Waals surface area contributed by atoms with Gasteiger partial charge in [-0.25, -0.2) is 4.98 Å². The van der Waals surface area contributed by atoms with Gasteiger partial charge in [0.2, 0.25) is 0 Å². The molecule has 0 bridgehead atoms. The SMILES string of the molecule is Cc1c(C(=O)NCC2CCCO2)sc2nc3n(c(=O)c12)CCCCC3. The second-order valence-corrected chi connectivity index (χ2v) is 7.88. The Hall–Kier alpha value is -1.73. The van der Waals surface area contributed by atoms with E-state index in [2.05, 4.69) is 5.32 Å². The van der Waals surface area contributed by atoms with Crippen molar-refractivity contribution in [3.05, 3.63) is 26.6 Å². The second-order valence-electron chi connectivity index (χ2n) is 6.88. The number of aromatic nitrogens is 2. The molecule has 4 rings (SSSR count). The minimum atomic E-state index is -0.129. The van der Waals surface area contributed by atoms with Crippen LogP contribution in [0.2, 0.25) is 0 Å². The number of ether oxygens (including phenoxy) is 1. The molecular weight excluding hydrogens is 338 g/mol. The summed E-state index contributed by atoms with van der Waals surface area (Å²) in [5.74, 6) is 0.734. The molecule has 2 aliphatic heterocycles. The Morgan fingerprint density at radius 3 is 3.04 bits per heavy atom. The highest BCUT2D eigenvalue weighted by Gasteiger charge is 2.23. The largest absolute Gasteiger partial charge is 0.376 e. The van der Waals surface area contributed by atoms with E-state index >= 15 is 0 Å². The monoisotopic (exact) mass is 361 g/mol. The predicted octanol–water partition coefficient (Wildman–Crippen LogP) is 2.40. The zero-order valence-corrected chi connectivity index (χ0v) is 15.3. The zero-order valence-electron chi connectivity index (χ0n) is 14.5. The average Bonchev–Trinajstić information content (AvgIpc) is 3.15. The second kappa shape index (κ2) is 6.88. The summed E-state index contributed by atoms with van der Waals surface area (Å²) in [5, 5.41) is 3.56. The van der Waals surface area contributed by atoms with Gasteiger partial charge in [0.25, 0.3) is 11.5 Å². The van der Waals surface area contributed by atoms with Crippen molar-refractivity contribution in [2.75, 3.05) is 13.2 Å². The van der Waals surface area contributed by atoms with Crippen LogP contribution in [0.1, 0.15) is 53.2 Å². The van der Waals surface area contributed by atoms with Gasteiger partial charge in [0.15, 0.2) is 0 Å². The first kappa shape index (κ1) is 16.7. The highest BCUT2D eigenvalue weighted by molar-refractivity contribution is 7.20. The predicted molar refractivity (Wildman–Crippen MR) is 97.5 cm³/mol. The number of thiophene rings is 1. The van der Waals surface area contributed by atoms with Crippen LogP contribution in [-0.2, 0) is 17.7 Å². The van der Waals surface area contributed by atoms with Crippen LogP contribution < -0.4 is 10.9 Å². The smallest absolute Gasteiger partial charge is 0.262 e. The minimum Gasteiger partial charge on any atom is -0.376 e. The van der Waals surface area contributed by atoms with Crippen molar-refractivity contribution in [2.45, 2.75) is 58.1 Å². The molecule has 7 heteroatoms. The van der Waals surface area contributed by atoms with E-state index in [9.17, 15) is 9.59 Å². The number of hydrogen-bond acceptors (Lipinski definition) is 5. The van der Waals surface area contributed by atoms with E-state index in [1.807, 2.05) is 11.5 Å². The third-order valence-corrected chi connectivity index (χ3v) is 6.32. The molecule has 1 saturated heterocycles. The molecule has 0 aliphatic carbocycles. The standard InChI is InChI=1S/C18H23N3O3S/c1-11-14-17(20-13-7-3-2-4-8-21(13)18(14)23)25-15(11)16(22)19-10-12-6-5-9-24-12/h12H,2-10H2,1H3,(H,19,22). The van der Waals surface area contributed by atoms with Crippen molar-refractivity contribution in [1.29, 1.82) is 0 Å². The summed E-state index contributed by atoms with van der Waals surface area (Å²) in [6.45, 7) is 3.88. The Kier molecular flexibility index (Phi) is 4.60. The van der Waals surface area contributed by atoms with Crippen LogP contribution in [0.15, 0.2) is 4.79 Å². The number of hydrogen-bond donors (Lipinski definition) is 1. The first-order chi connectivity index (χ1) is 12.1. The number of nitrogens with zero attached hydrogens (tertiary/aromatic N) is 2. The minimum absolute atomic E-state index is 0.00817. The van der Waals surface area contributed by atoms with Gasteiger partial charge in [0, 0.05) is 26.1 Å². The Bertz CT molecular complexity index is 865. The van der Waals surface area contributed by atoms with E-state index in [1.165, 1.54) is 11.3 Å². The van der Waals surface area contributed by atoms with E-state index in [4.69, 9.17) is 9.72 Å². The number of aryl methyl sites for hydroxylation is 2. The zero-order chi connectivity index (χ0) is 17.4. The number of rotatable bonds is 3. The van der Waals surface area contributed by atoms with E-state index in [-0.39, 0.29) is 17.6 Å². The van der Waals surface area contributed by atoms with E-state index in [1.54, 1.807) is 0 Å². The fraction of sp³-hybridized carbons (Fsp3) is 0.611. The number of nitrogens with one attached hydrogen (secondary N) is 1. The molecule has 4 heterocycles. The normalized spacial score (nSPS) is 20.4. The Balaban J connectivity index is 1.66. The Morgan fingerprint density at radius 2 is 2.24 bits per heavy atom. The van der Waals surface area contributed by atoms with Gasteiger partial charge in [-0.05, 0) is 38.2 Å². The Morgan fingerprint density at radius 1 is 1.36 bits per heavy atom. The van der Waals surface area contributed by atoms with Gasteiger partial charge < -0.3 is 10.1 Å². The van der Waals surface area contributed by atoms with Gasteiger partial charge in [-0.15, -0.1) is 11.3 Å². The summed E-state index contributed by atoms with van der Waals surface area (Å²) in [6, 6.07) is 0. The molecule has 2 aromatic rings. The maximum atomic E-state index is 12.9. The summed E-state index contributed by atoms with van der Waals surface area (Å²) in [5.41, 5.74) is 0.760. The first-order valence-electron chi connectivity index (χ1n) is 9.08. The molecule has 1 fully saturated rings. The summed E-state index contributed by atoms with van der Waals surface area (Å²) in [4.78, 5) is 31.5. The van der Waals surface area contributed by atoms with Crippen LogP contribution in [0, 0.1) is 6.92 Å². The van der Waals surface area contributed by atoms with Crippen molar-refractivity contribution < 1.29 is 9.53 Å². The topological polar surface area (TPSA) is 73.2 Å². The molecule has 2 aliphatic rings. The molecule has 2 aromatic heterocycles. The maximum Gasteiger partial charge on any atom is 0.262 e. The van der Waals surface area contributed by atoms with Gasteiger partial charge in [0.05, 0.1) is 16.4 Å². The lowest BCUT2D eigenvalue weighted by Gasteiger charge is -2.10. The van der Waals surface area contributed by atoms with Gasteiger partial charge in [-0.1, -0.05) is 6.42 Å². The molecule has 25 heavy (non-hydrogen) atoms. The van der Waals surface area contributed by atoms with Gasteiger partial charge in [-0.3, -0.25) is 14.2 Å². The van der Waals surface area contributed by atoms with E-state index in [0.717, 1.165) is 63.1 Å². The lowest BCUT2D eigenvalue weighted by molar-refractivity contribution is 0.0860. The highest BCUT2D eigenvalue weighted by atomic mass is 32.1. The van der Waals surface area contributed by atoms with E-state index in [0.29, 0.717) is 21.6 Å². The molecule has 134 valence electrons. The highest BCUT2D eigenvalue weighted by Crippen LogP contribution is 2.28. The molecule has 1 atom stereocenters. The summed E-state index contributed by atoms with van der Waals surface area (Å²) >= 11 is 1.33. The molecule has 6 nitrogen and oxygen atoms in total. The summed E-state index contributed by atoms with van der Waals surface area (Å²) < 4.78 is 7.36. The summed E-state index contributed by atoms with van der Waals surface area (Å²) in [6.07, 6.45) is 6.19. The molecule has 1 unspecified atom stereocenters. The number of fused-ring (bicyclic) bond motifs is 2. The third kappa shape index (κ3) is 3.11. The fourth-order valence-electron chi connectivity index (χ4n) is 3.72. The lowest BCUT2D eigenvalue weighted by Crippen LogP contribution is -2.31. The number of carbonyl (C=O) groups is 1. The molecule has 1 N–H and O–H groups in total. The van der Waals surface area contributed by atoms with Gasteiger partial charge >= 0.3 is 0 Å². The van der Waals surface area contributed by atoms with Crippen LogP contribution in [0.3, 0.4) is 0 Å². The Labute approximate surface area is 150 Å². The maximum absolute atomic E-state index is 12.9. The van der Waals surface area contributed by atoms with Crippen LogP contribution in [0.25, 0.3) is 10.2 Å². The van der Waals surface area contributed by atoms with Crippen LogP contribution in [0.5, 0.6) is 0 Å².